The molecule has 3 N–H and O–H groups in total. The summed E-state index contributed by atoms with van der Waals surface area (Å²) >= 11 is 0. The first kappa shape index (κ1) is 23.6. The van der Waals surface area contributed by atoms with Crippen LogP contribution in [0, 0.1) is 0 Å². The summed E-state index contributed by atoms with van der Waals surface area (Å²) in [6.45, 7) is 4.19. The molecule has 0 aliphatic carbocycles. The maximum absolute atomic E-state index is 12.4. The number of hydrogen-bond acceptors (Lipinski definition) is 5. The van der Waals surface area contributed by atoms with Crippen LogP contribution in [-0.2, 0) is 19.9 Å². The summed E-state index contributed by atoms with van der Waals surface area (Å²) < 4.78 is 50.5. The molecule has 9 heteroatoms. The summed E-state index contributed by atoms with van der Waals surface area (Å²) in [7, 11) is -7.35. The normalized spacial score (nSPS) is 13.2. The lowest BCUT2D eigenvalue weighted by atomic mass is 9.99. The van der Waals surface area contributed by atoms with Crippen molar-refractivity contribution < 1.29 is 16.8 Å². The minimum atomic E-state index is -3.86. The number of sulfonamides is 1. The first-order valence-corrected chi connectivity index (χ1v) is 11.5. The van der Waals surface area contributed by atoms with E-state index in [9.17, 15) is 16.8 Å². The molecule has 27 heavy (non-hydrogen) atoms. The number of benzene rings is 2. The molecule has 0 bridgehead atoms. The summed E-state index contributed by atoms with van der Waals surface area (Å²) in [6, 6.07) is 12.5. The fraction of sp³-hybridized carbons (Fsp3) is 0.333. The minimum Gasteiger partial charge on any atom is -0.323 e. The van der Waals surface area contributed by atoms with Crippen LogP contribution in [0.2, 0.25) is 0 Å². The van der Waals surface area contributed by atoms with E-state index in [2.05, 4.69) is 18.6 Å². The number of halogens is 1. The van der Waals surface area contributed by atoms with Gasteiger partial charge >= 0.3 is 0 Å². The predicted molar refractivity (Wildman–Crippen MR) is 109 cm³/mol. The average Bonchev–Trinajstić information content (AvgIpc) is 2.59. The minimum absolute atomic E-state index is 0. The Morgan fingerprint density at radius 2 is 1.44 bits per heavy atom. The van der Waals surface area contributed by atoms with Gasteiger partial charge in [0, 0.05) is 18.8 Å². The van der Waals surface area contributed by atoms with Crippen LogP contribution >= 0.6 is 12.4 Å². The van der Waals surface area contributed by atoms with Gasteiger partial charge in [0.2, 0.25) is 10.0 Å². The molecule has 0 fully saturated rings. The molecule has 0 saturated heterocycles. The molecule has 0 aromatic heterocycles. The Bertz CT molecular complexity index is 973. The molecular formula is C18H25ClN2O4S2. The highest BCUT2D eigenvalue weighted by Crippen LogP contribution is 2.19. The lowest BCUT2D eigenvalue weighted by Gasteiger charge is -2.15. The maximum Gasteiger partial charge on any atom is 0.240 e. The molecule has 0 aliphatic heterocycles. The van der Waals surface area contributed by atoms with E-state index in [1.807, 2.05) is 24.3 Å². The summed E-state index contributed by atoms with van der Waals surface area (Å²) in [5, 5.41) is 0. The fourth-order valence-corrected chi connectivity index (χ4v) is 4.25. The van der Waals surface area contributed by atoms with Crippen molar-refractivity contribution in [3.8, 4) is 0 Å². The molecule has 1 atom stereocenters. The molecule has 0 amide bonds. The number of rotatable bonds is 7. The van der Waals surface area contributed by atoms with Crippen LogP contribution < -0.4 is 10.5 Å². The number of nitrogens with one attached hydrogen (secondary N) is 1. The van der Waals surface area contributed by atoms with Gasteiger partial charge in [-0.1, -0.05) is 44.2 Å². The monoisotopic (exact) mass is 432 g/mol. The first-order valence-electron chi connectivity index (χ1n) is 8.16. The van der Waals surface area contributed by atoms with Crippen LogP contribution in [0.25, 0.3) is 0 Å². The molecular weight excluding hydrogens is 408 g/mol. The molecule has 6 nitrogen and oxygen atoms in total. The highest BCUT2D eigenvalue weighted by atomic mass is 35.5. The largest absolute Gasteiger partial charge is 0.323 e. The molecule has 0 heterocycles. The Kier molecular flexibility index (Phi) is 8.00. The molecule has 2 aromatic carbocycles. The van der Waals surface area contributed by atoms with Crippen molar-refractivity contribution >= 4 is 32.3 Å². The summed E-state index contributed by atoms with van der Waals surface area (Å²) in [4.78, 5) is -0.156. The zero-order valence-corrected chi connectivity index (χ0v) is 17.9. The summed E-state index contributed by atoms with van der Waals surface area (Å²) in [5.74, 6) is 0.404. The Balaban J connectivity index is 0.00000364. The van der Waals surface area contributed by atoms with E-state index in [0.717, 1.165) is 17.9 Å². The Morgan fingerprint density at radius 1 is 0.926 bits per heavy atom. The van der Waals surface area contributed by atoms with Gasteiger partial charge in [-0.05, 0) is 35.2 Å². The van der Waals surface area contributed by atoms with Crippen LogP contribution in [0.4, 0.5) is 0 Å². The zero-order chi connectivity index (χ0) is 19.5. The lowest BCUT2D eigenvalue weighted by molar-refractivity contribution is 0.572. The number of hydrogen-bond donors (Lipinski definition) is 2. The summed E-state index contributed by atoms with van der Waals surface area (Å²) in [6.07, 6.45) is 1.03. The standard InChI is InChI=1S/C18H24N2O4S2.ClH/c1-13(2)14-7-9-15(10-8-14)18(19)12-20-26(23,24)17-6-4-5-16(11-17)25(3,21)22;/h4-11,13,18,20H,12,19H2,1-3H3;1H. The van der Waals surface area contributed by atoms with Gasteiger partial charge in [0.25, 0.3) is 0 Å². The van der Waals surface area contributed by atoms with Crippen LogP contribution in [0.1, 0.15) is 36.9 Å². The third-order valence-electron chi connectivity index (χ3n) is 4.07. The van der Waals surface area contributed by atoms with Crippen molar-refractivity contribution in [1.82, 2.24) is 4.72 Å². The quantitative estimate of drug-likeness (QED) is 0.699. The second-order valence-corrected chi connectivity index (χ2v) is 10.3. The Hall–Kier alpha value is -1.45. The molecule has 0 radical (unpaired) electrons. The second kappa shape index (κ2) is 9.16. The van der Waals surface area contributed by atoms with Crippen LogP contribution in [0.15, 0.2) is 58.3 Å². The fourth-order valence-electron chi connectivity index (χ4n) is 2.40. The van der Waals surface area contributed by atoms with Gasteiger partial charge in [0.1, 0.15) is 0 Å². The van der Waals surface area contributed by atoms with Gasteiger partial charge in [-0.3, -0.25) is 0 Å². The molecule has 0 saturated carbocycles. The Labute approximate surface area is 167 Å². The van der Waals surface area contributed by atoms with Crippen molar-refractivity contribution in [3.63, 3.8) is 0 Å². The van der Waals surface area contributed by atoms with E-state index in [0.29, 0.717) is 5.92 Å². The van der Waals surface area contributed by atoms with Crippen LogP contribution in [0.5, 0.6) is 0 Å². The van der Waals surface area contributed by atoms with Crippen molar-refractivity contribution in [1.29, 1.82) is 0 Å². The third-order valence-corrected chi connectivity index (χ3v) is 6.60. The predicted octanol–water partition coefficient (Wildman–Crippen LogP) is 2.61. The number of nitrogens with two attached hydrogens (primary N) is 1. The molecule has 1 unspecified atom stereocenters. The zero-order valence-electron chi connectivity index (χ0n) is 15.4. The van der Waals surface area contributed by atoms with Crippen LogP contribution in [-0.4, -0.2) is 29.6 Å². The van der Waals surface area contributed by atoms with Crippen molar-refractivity contribution in [2.24, 2.45) is 5.73 Å². The van der Waals surface area contributed by atoms with Crippen molar-refractivity contribution in [2.75, 3.05) is 12.8 Å². The lowest BCUT2D eigenvalue weighted by Crippen LogP contribution is -2.32. The van der Waals surface area contributed by atoms with E-state index >= 15 is 0 Å². The number of sulfone groups is 1. The van der Waals surface area contributed by atoms with Gasteiger partial charge in [-0.25, -0.2) is 21.6 Å². The third kappa shape index (κ3) is 6.29. The topological polar surface area (TPSA) is 106 Å². The smallest absolute Gasteiger partial charge is 0.240 e. The highest BCUT2D eigenvalue weighted by molar-refractivity contribution is 7.91. The summed E-state index contributed by atoms with van der Waals surface area (Å²) in [5.41, 5.74) is 8.08. The molecule has 2 aromatic rings. The average molecular weight is 433 g/mol. The molecule has 0 spiro atoms. The van der Waals surface area contributed by atoms with E-state index in [4.69, 9.17) is 5.73 Å². The molecule has 150 valence electrons. The van der Waals surface area contributed by atoms with Gasteiger partial charge in [-0.15, -0.1) is 12.4 Å². The van der Waals surface area contributed by atoms with Gasteiger partial charge < -0.3 is 5.73 Å². The van der Waals surface area contributed by atoms with E-state index < -0.39 is 25.9 Å². The second-order valence-electron chi connectivity index (χ2n) is 6.53. The first-order chi connectivity index (χ1) is 12.0. The molecule has 2 rings (SSSR count). The van der Waals surface area contributed by atoms with Gasteiger partial charge in [0.15, 0.2) is 9.84 Å². The van der Waals surface area contributed by atoms with E-state index in [-0.39, 0.29) is 28.7 Å². The maximum atomic E-state index is 12.4. The Morgan fingerprint density at radius 3 is 1.96 bits per heavy atom. The van der Waals surface area contributed by atoms with E-state index in [1.54, 1.807) is 0 Å². The van der Waals surface area contributed by atoms with Crippen LogP contribution in [0.3, 0.4) is 0 Å². The highest BCUT2D eigenvalue weighted by Gasteiger charge is 2.18. The van der Waals surface area contributed by atoms with Crippen molar-refractivity contribution in [3.05, 3.63) is 59.7 Å². The molecule has 0 aliphatic rings. The van der Waals surface area contributed by atoms with Crippen molar-refractivity contribution in [2.45, 2.75) is 35.6 Å². The van der Waals surface area contributed by atoms with Gasteiger partial charge in [0.05, 0.1) is 9.79 Å². The van der Waals surface area contributed by atoms with Gasteiger partial charge in [-0.2, -0.15) is 0 Å². The SMILES string of the molecule is CC(C)c1ccc(C(N)CNS(=O)(=O)c2cccc(S(C)(=O)=O)c2)cc1.Cl. The van der Waals surface area contributed by atoms with E-state index in [1.165, 1.54) is 23.8 Å².